The van der Waals surface area contributed by atoms with Crippen LogP contribution in [0.2, 0.25) is 0 Å². The van der Waals surface area contributed by atoms with Gasteiger partial charge in [0, 0.05) is 53.8 Å². The number of nitrogens with zero attached hydrogens (tertiary/aromatic N) is 3. The van der Waals surface area contributed by atoms with Gasteiger partial charge in [0.2, 0.25) is 0 Å². The van der Waals surface area contributed by atoms with E-state index in [4.69, 9.17) is 5.41 Å². The van der Waals surface area contributed by atoms with Crippen molar-refractivity contribution in [1.29, 1.82) is 10.7 Å². The number of aryl methyl sites for hydroxylation is 1. The fourth-order valence-corrected chi connectivity index (χ4v) is 6.34. The van der Waals surface area contributed by atoms with E-state index < -0.39 is 0 Å². The number of benzene rings is 3. The molecular formula is C32H26FN5O. The number of hydrogen-bond acceptors (Lipinski definition) is 5. The number of carbonyl (C=O) groups is 1. The molecule has 39 heavy (non-hydrogen) atoms. The summed E-state index contributed by atoms with van der Waals surface area (Å²) in [6.07, 6.45) is 2.83. The molecular weight excluding hydrogens is 489 g/mol. The monoisotopic (exact) mass is 515 g/mol. The molecule has 1 aliphatic heterocycles. The molecule has 192 valence electrons. The molecule has 2 aliphatic rings. The Kier molecular flexibility index (Phi) is 5.96. The smallest absolute Gasteiger partial charge is 0.272 e. The molecule has 2 heterocycles. The molecule has 1 aromatic heterocycles. The number of rotatable bonds is 6. The number of nitrogens with one attached hydrogen (secondary N) is 2. The molecule has 6 rings (SSSR count). The van der Waals surface area contributed by atoms with Gasteiger partial charge in [0.15, 0.2) is 0 Å². The Morgan fingerprint density at radius 2 is 1.92 bits per heavy atom. The maximum Gasteiger partial charge on any atom is 0.272 e. The van der Waals surface area contributed by atoms with Crippen LogP contribution in [0.25, 0.3) is 0 Å². The summed E-state index contributed by atoms with van der Waals surface area (Å²) >= 11 is 0. The van der Waals surface area contributed by atoms with Gasteiger partial charge in [0.1, 0.15) is 11.5 Å². The lowest BCUT2D eigenvalue weighted by molar-refractivity contribution is 0.0763. The highest BCUT2D eigenvalue weighted by Crippen LogP contribution is 2.69. The van der Waals surface area contributed by atoms with Crippen LogP contribution in [0.15, 0.2) is 85.1 Å². The Bertz CT molecular complexity index is 1630. The third-order valence-electron chi connectivity index (χ3n) is 8.11. The Morgan fingerprint density at radius 3 is 2.64 bits per heavy atom. The SMILES string of the molecule is Cc1cc(Nc2ccc(F)cc2)c(C=N)cc1C12CN(C(=O)c3cc(C#N)ccn3)CC1C2c1ccccc1. The van der Waals surface area contributed by atoms with Crippen molar-refractivity contribution >= 4 is 23.5 Å². The Morgan fingerprint density at radius 1 is 1.15 bits per heavy atom. The predicted molar refractivity (Wildman–Crippen MR) is 148 cm³/mol. The molecule has 3 aromatic carbocycles. The van der Waals surface area contributed by atoms with Gasteiger partial charge in [0.25, 0.3) is 5.91 Å². The molecule has 1 saturated heterocycles. The summed E-state index contributed by atoms with van der Waals surface area (Å²) in [5, 5.41) is 20.7. The molecule has 6 nitrogen and oxygen atoms in total. The largest absolute Gasteiger partial charge is 0.355 e. The van der Waals surface area contributed by atoms with E-state index in [-0.39, 0.29) is 34.7 Å². The number of hydrogen-bond donors (Lipinski definition) is 2. The number of amides is 1. The molecule has 0 radical (unpaired) electrons. The molecule has 1 saturated carbocycles. The van der Waals surface area contributed by atoms with Gasteiger partial charge in [-0.05, 0) is 78.1 Å². The van der Waals surface area contributed by atoms with Gasteiger partial charge < -0.3 is 15.6 Å². The normalized spacial score (nSPS) is 21.1. The van der Waals surface area contributed by atoms with Crippen LogP contribution >= 0.6 is 0 Å². The second-order valence-corrected chi connectivity index (χ2v) is 10.3. The molecule has 1 aliphatic carbocycles. The summed E-state index contributed by atoms with van der Waals surface area (Å²) in [5.74, 6) is -0.0179. The number of anilines is 2. The molecule has 3 unspecified atom stereocenters. The van der Waals surface area contributed by atoms with Crippen LogP contribution in [0.3, 0.4) is 0 Å². The average Bonchev–Trinajstić information content (AvgIpc) is 3.42. The summed E-state index contributed by atoms with van der Waals surface area (Å²) < 4.78 is 13.4. The number of fused-ring (bicyclic) bond motifs is 1. The van der Waals surface area contributed by atoms with Gasteiger partial charge in [-0.25, -0.2) is 4.39 Å². The number of likely N-dealkylation sites (tertiary alicyclic amines) is 1. The van der Waals surface area contributed by atoms with Crippen LogP contribution in [-0.2, 0) is 5.41 Å². The second-order valence-electron chi connectivity index (χ2n) is 10.3. The van der Waals surface area contributed by atoms with Crippen molar-refractivity contribution < 1.29 is 9.18 Å². The average molecular weight is 516 g/mol. The van der Waals surface area contributed by atoms with Crippen LogP contribution in [0.5, 0.6) is 0 Å². The number of halogens is 1. The van der Waals surface area contributed by atoms with Gasteiger partial charge in [-0.2, -0.15) is 5.26 Å². The predicted octanol–water partition coefficient (Wildman–Crippen LogP) is 5.95. The molecule has 0 spiro atoms. The minimum Gasteiger partial charge on any atom is -0.355 e. The lowest BCUT2D eigenvalue weighted by Gasteiger charge is -2.26. The van der Waals surface area contributed by atoms with Crippen molar-refractivity contribution in [2.45, 2.75) is 18.3 Å². The van der Waals surface area contributed by atoms with Crippen LogP contribution in [0, 0.1) is 35.4 Å². The zero-order valence-electron chi connectivity index (χ0n) is 21.4. The van der Waals surface area contributed by atoms with Crippen molar-refractivity contribution in [2.24, 2.45) is 5.92 Å². The van der Waals surface area contributed by atoms with Crippen molar-refractivity contribution in [3.8, 4) is 6.07 Å². The molecule has 2 N–H and O–H groups in total. The van der Waals surface area contributed by atoms with Crippen LogP contribution in [0.4, 0.5) is 15.8 Å². The molecule has 7 heteroatoms. The van der Waals surface area contributed by atoms with E-state index in [1.807, 2.05) is 29.2 Å². The number of piperidine rings is 1. The third kappa shape index (κ3) is 4.15. The van der Waals surface area contributed by atoms with Gasteiger partial charge in [-0.1, -0.05) is 30.3 Å². The van der Waals surface area contributed by atoms with Gasteiger partial charge >= 0.3 is 0 Å². The van der Waals surface area contributed by atoms with Crippen molar-refractivity contribution in [1.82, 2.24) is 9.88 Å². The highest BCUT2D eigenvalue weighted by molar-refractivity contribution is 5.93. The molecule has 1 amide bonds. The fraction of sp³-hybridized carbons (Fsp3) is 0.188. The standard InChI is InChI=1S/C32H26FN5O/c1-20-13-28(37-25-9-7-24(33)8-10-25)23(17-35)15-26(20)32-19-38(31(39)29-14-21(16-34)11-12-36-29)18-27(32)30(32)22-5-3-2-4-6-22/h2-15,17,27,30,35,37H,18-19H2,1H3. The minimum absolute atomic E-state index is 0.176. The second kappa shape index (κ2) is 9.48. The van der Waals surface area contributed by atoms with E-state index in [1.165, 1.54) is 30.1 Å². The van der Waals surface area contributed by atoms with E-state index in [2.05, 4.69) is 41.5 Å². The van der Waals surface area contributed by atoms with Crippen molar-refractivity contribution in [2.75, 3.05) is 18.4 Å². The van der Waals surface area contributed by atoms with Crippen LogP contribution in [0.1, 0.15) is 44.2 Å². The van der Waals surface area contributed by atoms with Gasteiger partial charge in [-0.15, -0.1) is 0 Å². The number of carbonyl (C=O) groups excluding carboxylic acids is 1. The number of aromatic nitrogens is 1. The van der Waals surface area contributed by atoms with Gasteiger partial charge in [-0.3, -0.25) is 9.78 Å². The minimum atomic E-state index is -0.305. The van der Waals surface area contributed by atoms with E-state index in [1.54, 1.807) is 24.3 Å². The Hall–Kier alpha value is -4.83. The summed E-state index contributed by atoms with van der Waals surface area (Å²) in [6.45, 7) is 3.18. The molecule has 2 fully saturated rings. The summed E-state index contributed by atoms with van der Waals surface area (Å²) in [5.41, 5.74) is 6.05. The van der Waals surface area contributed by atoms with E-state index in [9.17, 15) is 14.4 Å². The van der Waals surface area contributed by atoms with Gasteiger partial charge in [0.05, 0.1) is 11.6 Å². The maximum absolute atomic E-state index is 13.5. The zero-order valence-corrected chi connectivity index (χ0v) is 21.4. The van der Waals surface area contributed by atoms with Crippen LogP contribution < -0.4 is 5.32 Å². The molecule has 3 atom stereocenters. The van der Waals surface area contributed by atoms with E-state index in [0.717, 1.165) is 28.1 Å². The molecule has 4 aromatic rings. The fourth-order valence-electron chi connectivity index (χ4n) is 6.34. The lowest BCUT2D eigenvalue weighted by Crippen LogP contribution is -2.35. The topological polar surface area (TPSA) is 92.9 Å². The quantitative estimate of drug-likeness (QED) is 0.311. The first-order valence-electron chi connectivity index (χ1n) is 12.8. The number of pyridine rings is 1. The summed E-state index contributed by atoms with van der Waals surface area (Å²) in [6, 6.07) is 25.8. The van der Waals surface area contributed by atoms with E-state index >= 15 is 0 Å². The van der Waals surface area contributed by atoms with Crippen molar-refractivity contribution in [3.05, 3.63) is 124 Å². The Labute approximate surface area is 226 Å². The maximum atomic E-state index is 13.5. The first-order chi connectivity index (χ1) is 18.9. The highest BCUT2D eigenvalue weighted by Gasteiger charge is 2.71. The highest BCUT2D eigenvalue weighted by atomic mass is 19.1. The first-order valence-corrected chi connectivity index (χ1v) is 12.8. The van der Waals surface area contributed by atoms with Crippen LogP contribution in [-0.4, -0.2) is 35.1 Å². The summed E-state index contributed by atoms with van der Waals surface area (Å²) in [7, 11) is 0. The van der Waals surface area contributed by atoms with Crippen molar-refractivity contribution in [3.63, 3.8) is 0 Å². The number of nitriles is 1. The zero-order chi connectivity index (χ0) is 27.1. The summed E-state index contributed by atoms with van der Waals surface area (Å²) in [4.78, 5) is 19.6. The first kappa shape index (κ1) is 24.5. The third-order valence-corrected chi connectivity index (χ3v) is 8.11. The van der Waals surface area contributed by atoms with E-state index in [0.29, 0.717) is 18.7 Å². The Balaban J connectivity index is 1.38. The molecule has 0 bridgehead atoms. The lowest BCUT2D eigenvalue weighted by atomic mass is 9.85.